The molecule has 43 heavy (non-hydrogen) atoms. The van der Waals surface area contributed by atoms with E-state index in [-0.39, 0.29) is 5.57 Å². The summed E-state index contributed by atoms with van der Waals surface area (Å²) in [6, 6.07) is 22.1. The number of hydrogen-bond donors (Lipinski definition) is 1. The van der Waals surface area contributed by atoms with Crippen LogP contribution in [0.3, 0.4) is 0 Å². The van der Waals surface area contributed by atoms with E-state index >= 15 is 0 Å². The van der Waals surface area contributed by atoms with E-state index in [2.05, 4.69) is 32.1 Å². The van der Waals surface area contributed by atoms with Crippen LogP contribution in [0.15, 0.2) is 84.0 Å². The lowest BCUT2D eigenvalue weighted by molar-refractivity contribution is -0.132. The highest BCUT2D eigenvalue weighted by atomic mass is 32.1. The Hall–Kier alpha value is -4.14. The Morgan fingerprint density at radius 2 is 1.30 bits per heavy atom. The van der Waals surface area contributed by atoms with E-state index in [4.69, 9.17) is 4.74 Å². The van der Waals surface area contributed by atoms with Crippen LogP contribution in [-0.2, 0) is 22.4 Å². The minimum atomic E-state index is -1.19. The molecule has 0 radical (unpaired) electrons. The Kier molecular flexibility index (Phi) is 12.2. The van der Waals surface area contributed by atoms with Gasteiger partial charge in [0.15, 0.2) is 0 Å². The summed E-state index contributed by atoms with van der Waals surface area (Å²) in [4.78, 5) is 13.8. The second kappa shape index (κ2) is 16.5. The SMILES string of the molecule is CCCCCCc1c(C=C2C=C(c3ccccc3)OC(c3ccccc3)=C2)sc(/C=C(\C#N)C(=O)O)c1CCCCCC. The van der Waals surface area contributed by atoms with E-state index in [1.54, 1.807) is 17.4 Å². The number of rotatable bonds is 15. The van der Waals surface area contributed by atoms with Crippen LogP contribution in [0.5, 0.6) is 0 Å². The number of nitriles is 1. The molecule has 222 valence electrons. The second-order valence-corrected chi connectivity index (χ2v) is 12.0. The predicted octanol–water partition coefficient (Wildman–Crippen LogP) is 10.5. The number of allylic oxidation sites excluding steroid dienone is 3. The second-order valence-electron chi connectivity index (χ2n) is 10.9. The zero-order valence-electron chi connectivity index (χ0n) is 25.3. The molecule has 1 aromatic heterocycles. The van der Waals surface area contributed by atoms with Crippen molar-refractivity contribution >= 4 is 41.0 Å². The molecule has 0 unspecified atom stereocenters. The minimum Gasteiger partial charge on any atom is -0.477 e. The van der Waals surface area contributed by atoms with Crippen molar-refractivity contribution in [2.75, 3.05) is 0 Å². The van der Waals surface area contributed by atoms with E-state index in [0.717, 1.165) is 82.9 Å². The fourth-order valence-electron chi connectivity index (χ4n) is 5.30. The fourth-order valence-corrected chi connectivity index (χ4v) is 6.60. The summed E-state index contributed by atoms with van der Waals surface area (Å²) in [5.41, 5.74) is 5.28. The number of carboxylic acids is 1. The van der Waals surface area contributed by atoms with Gasteiger partial charge in [-0.3, -0.25) is 0 Å². The van der Waals surface area contributed by atoms with Gasteiger partial charge in [0.05, 0.1) is 0 Å². The number of carboxylic acid groups (broad SMARTS) is 1. The summed E-state index contributed by atoms with van der Waals surface area (Å²) in [6.45, 7) is 4.42. The summed E-state index contributed by atoms with van der Waals surface area (Å²) in [5, 5.41) is 19.2. The van der Waals surface area contributed by atoms with Gasteiger partial charge < -0.3 is 9.84 Å². The molecule has 2 heterocycles. The Morgan fingerprint density at radius 1 is 0.791 bits per heavy atom. The highest BCUT2D eigenvalue weighted by Gasteiger charge is 2.20. The number of thiophene rings is 1. The lowest BCUT2D eigenvalue weighted by atomic mass is 9.95. The molecule has 1 N–H and O–H groups in total. The van der Waals surface area contributed by atoms with Gasteiger partial charge >= 0.3 is 5.97 Å². The van der Waals surface area contributed by atoms with Crippen molar-refractivity contribution in [3.63, 3.8) is 0 Å². The molecule has 0 spiro atoms. The van der Waals surface area contributed by atoms with Crippen LogP contribution < -0.4 is 0 Å². The van der Waals surface area contributed by atoms with Crippen LogP contribution in [0.1, 0.15) is 97.2 Å². The van der Waals surface area contributed by atoms with Gasteiger partial charge in [0.2, 0.25) is 0 Å². The summed E-state index contributed by atoms with van der Waals surface area (Å²) in [5.74, 6) is 0.381. The Bertz CT molecular complexity index is 1480. The first kappa shape index (κ1) is 31.8. The van der Waals surface area contributed by atoms with E-state index in [9.17, 15) is 15.2 Å². The quantitative estimate of drug-likeness (QED) is 0.108. The van der Waals surface area contributed by atoms with Crippen molar-refractivity contribution in [1.29, 1.82) is 5.26 Å². The topological polar surface area (TPSA) is 70.3 Å². The van der Waals surface area contributed by atoms with Gasteiger partial charge in [-0.25, -0.2) is 4.79 Å². The molecular formula is C38H41NO3S. The maximum Gasteiger partial charge on any atom is 0.346 e. The standard InChI is InChI=1S/C38H41NO3S/c1-3-5-7-15-21-32-33(22-16-8-6-4-2)37(26-31(27-39)38(40)41)43-36(32)25-28-23-34(29-17-11-9-12-18-29)42-35(24-28)30-19-13-10-14-20-30/h9-14,17-20,23-26H,3-8,15-16,21-22H2,1-2H3,(H,40,41)/b31-26+. The maximum atomic E-state index is 11.8. The third-order valence-electron chi connectivity index (χ3n) is 7.60. The molecule has 4 rings (SSSR count). The van der Waals surface area contributed by atoms with Gasteiger partial charge in [0, 0.05) is 20.9 Å². The van der Waals surface area contributed by atoms with Crippen LogP contribution in [0.4, 0.5) is 0 Å². The molecule has 5 heteroatoms. The Labute approximate surface area is 260 Å². The van der Waals surface area contributed by atoms with Crippen LogP contribution in [-0.4, -0.2) is 11.1 Å². The molecule has 0 atom stereocenters. The van der Waals surface area contributed by atoms with Gasteiger partial charge in [-0.2, -0.15) is 5.26 Å². The molecule has 0 amide bonds. The molecule has 0 bridgehead atoms. The highest BCUT2D eigenvalue weighted by molar-refractivity contribution is 7.14. The minimum absolute atomic E-state index is 0.226. The highest BCUT2D eigenvalue weighted by Crippen LogP contribution is 2.38. The van der Waals surface area contributed by atoms with Crippen LogP contribution >= 0.6 is 11.3 Å². The largest absolute Gasteiger partial charge is 0.477 e. The number of carbonyl (C=O) groups is 1. The van der Waals surface area contributed by atoms with Gasteiger partial charge in [-0.05, 0) is 66.7 Å². The molecule has 1 aliphatic rings. The molecule has 4 nitrogen and oxygen atoms in total. The third-order valence-corrected chi connectivity index (χ3v) is 8.76. The molecule has 0 aliphatic carbocycles. The number of benzene rings is 2. The van der Waals surface area contributed by atoms with Crippen molar-refractivity contribution in [3.05, 3.63) is 116 Å². The molecule has 0 fully saturated rings. The fraction of sp³-hybridized carbons (Fsp3) is 0.316. The Balaban J connectivity index is 1.85. The van der Waals surface area contributed by atoms with Gasteiger partial charge in [-0.1, -0.05) is 113 Å². The lowest BCUT2D eigenvalue weighted by Gasteiger charge is -2.19. The summed E-state index contributed by atoms with van der Waals surface area (Å²) >= 11 is 1.60. The zero-order valence-corrected chi connectivity index (χ0v) is 26.1. The maximum absolute atomic E-state index is 11.8. The van der Waals surface area contributed by atoms with Crippen molar-refractivity contribution in [2.45, 2.75) is 78.1 Å². The average Bonchev–Trinajstić information content (AvgIpc) is 3.35. The smallest absolute Gasteiger partial charge is 0.346 e. The van der Waals surface area contributed by atoms with Crippen molar-refractivity contribution < 1.29 is 14.6 Å². The summed E-state index contributed by atoms with van der Waals surface area (Å²) in [7, 11) is 0. The first-order chi connectivity index (χ1) is 21.0. The van der Waals surface area contributed by atoms with Gasteiger partial charge in [0.25, 0.3) is 0 Å². The van der Waals surface area contributed by atoms with Crippen molar-refractivity contribution in [3.8, 4) is 6.07 Å². The predicted molar refractivity (Wildman–Crippen MR) is 179 cm³/mol. The van der Waals surface area contributed by atoms with E-state index < -0.39 is 5.97 Å². The number of unbranched alkanes of at least 4 members (excludes halogenated alkanes) is 6. The number of hydrogen-bond acceptors (Lipinski definition) is 4. The molecule has 0 saturated heterocycles. The van der Waals surface area contributed by atoms with Gasteiger partial charge in [-0.15, -0.1) is 11.3 Å². The summed E-state index contributed by atoms with van der Waals surface area (Å²) in [6.07, 6.45) is 18.9. The molecule has 2 aromatic carbocycles. The van der Waals surface area contributed by atoms with E-state index in [0.29, 0.717) is 0 Å². The monoisotopic (exact) mass is 591 g/mol. The van der Waals surface area contributed by atoms with Crippen LogP contribution in [0, 0.1) is 11.3 Å². The zero-order chi connectivity index (χ0) is 30.4. The lowest BCUT2D eigenvalue weighted by Crippen LogP contribution is -2.00. The van der Waals surface area contributed by atoms with Crippen LogP contribution in [0.2, 0.25) is 0 Å². The first-order valence-electron chi connectivity index (χ1n) is 15.5. The number of ether oxygens (including phenoxy) is 1. The normalized spacial score (nSPS) is 13.1. The van der Waals surface area contributed by atoms with Gasteiger partial charge in [0.1, 0.15) is 23.2 Å². The molecule has 0 saturated carbocycles. The van der Waals surface area contributed by atoms with Crippen molar-refractivity contribution in [2.24, 2.45) is 0 Å². The molecular weight excluding hydrogens is 550 g/mol. The first-order valence-corrected chi connectivity index (χ1v) is 16.3. The summed E-state index contributed by atoms with van der Waals surface area (Å²) < 4.78 is 6.42. The molecule has 1 aliphatic heterocycles. The number of aliphatic carboxylic acids is 1. The van der Waals surface area contributed by atoms with E-state index in [1.165, 1.54) is 30.4 Å². The van der Waals surface area contributed by atoms with E-state index in [1.807, 2.05) is 66.7 Å². The third kappa shape index (κ3) is 8.92. The Morgan fingerprint density at radius 3 is 1.77 bits per heavy atom. The molecule has 3 aromatic rings. The van der Waals surface area contributed by atoms with Crippen LogP contribution in [0.25, 0.3) is 23.7 Å². The van der Waals surface area contributed by atoms with Crippen molar-refractivity contribution in [1.82, 2.24) is 0 Å². The number of nitrogens with zero attached hydrogens (tertiary/aromatic N) is 1. The average molecular weight is 592 g/mol.